The van der Waals surface area contributed by atoms with E-state index in [4.69, 9.17) is 30.8 Å². The molecule has 1 aromatic carbocycles. The van der Waals surface area contributed by atoms with Gasteiger partial charge in [0.2, 0.25) is 5.28 Å². The summed E-state index contributed by atoms with van der Waals surface area (Å²) < 4.78 is 20.8. The first-order chi connectivity index (χ1) is 18.4. The van der Waals surface area contributed by atoms with Gasteiger partial charge in [0.05, 0.1) is 23.9 Å². The largest absolute Gasteiger partial charge is 0.357 e. The van der Waals surface area contributed by atoms with Crippen LogP contribution in [-0.2, 0) is 26.9 Å². The Bertz CT molecular complexity index is 1490. The van der Waals surface area contributed by atoms with Crippen LogP contribution in [0.3, 0.4) is 0 Å². The molecule has 1 aliphatic carbocycles. The van der Waals surface area contributed by atoms with Crippen molar-refractivity contribution in [1.82, 2.24) is 14.5 Å². The van der Waals surface area contributed by atoms with E-state index >= 15 is 0 Å². The Morgan fingerprint density at radius 3 is 2.74 bits per heavy atom. The van der Waals surface area contributed by atoms with Crippen LogP contribution in [0.5, 0.6) is 0 Å². The highest BCUT2D eigenvalue weighted by atomic mass is 35.5. The van der Waals surface area contributed by atoms with Crippen LogP contribution in [0.2, 0.25) is 5.28 Å². The van der Waals surface area contributed by atoms with E-state index in [0.29, 0.717) is 17.9 Å². The smallest absolute Gasteiger partial charge is 0.253 e. The molecule has 2 fully saturated rings. The van der Waals surface area contributed by atoms with Gasteiger partial charge in [-0.15, -0.1) is 11.3 Å². The highest BCUT2D eigenvalue weighted by molar-refractivity contribution is 7.10. The quantitative estimate of drug-likeness (QED) is 0.251. The van der Waals surface area contributed by atoms with Gasteiger partial charge in [0.1, 0.15) is 0 Å². The molecule has 198 valence electrons. The first-order valence-corrected chi connectivity index (χ1v) is 14.3. The summed E-state index contributed by atoms with van der Waals surface area (Å²) in [6.07, 6.45) is 6.65. The van der Waals surface area contributed by atoms with E-state index < -0.39 is 5.60 Å². The summed E-state index contributed by atoms with van der Waals surface area (Å²) in [6.45, 7) is 2.78. The number of aromatic nitrogens is 3. The summed E-state index contributed by atoms with van der Waals surface area (Å²) in [7, 11) is 1.77. The summed E-state index contributed by atoms with van der Waals surface area (Å²) in [5, 5.41) is 3.04. The minimum absolute atomic E-state index is 0.0121. The molecule has 1 saturated carbocycles. The third-order valence-electron chi connectivity index (χ3n) is 7.17. The van der Waals surface area contributed by atoms with E-state index in [1.54, 1.807) is 23.0 Å². The van der Waals surface area contributed by atoms with E-state index in [9.17, 15) is 4.79 Å². The van der Waals surface area contributed by atoms with Crippen molar-refractivity contribution >= 4 is 33.8 Å². The van der Waals surface area contributed by atoms with Gasteiger partial charge in [-0.3, -0.25) is 4.79 Å². The highest BCUT2D eigenvalue weighted by Gasteiger charge is 2.45. The number of hydrogen-bond donors (Lipinski definition) is 0. The second-order valence-electron chi connectivity index (χ2n) is 10.1. The normalized spacial score (nSPS) is 19.5. The van der Waals surface area contributed by atoms with Crippen molar-refractivity contribution in [2.24, 2.45) is 7.05 Å². The van der Waals surface area contributed by atoms with Gasteiger partial charge >= 0.3 is 0 Å². The molecule has 0 bridgehead atoms. The fourth-order valence-electron chi connectivity index (χ4n) is 5.06. The van der Waals surface area contributed by atoms with Crippen LogP contribution in [0.25, 0.3) is 22.0 Å². The van der Waals surface area contributed by atoms with Gasteiger partial charge in [-0.25, -0.2) is 9.97 Å². The molecule has 9 heteroatoms. The average molecular weight is 552 g/mol. The Morgan fingerprint density at radius 1 is 1.16 bits per heavy atom. The standard InChI is InChI=1S/C29H30ClN3O4S/c1-18-14-20(16-33(2)27(18)34)19-8-11-23-22(15-19)26(32-28(30)31-23)29(37-21-9-10-21,24-6-5-13-38-24)17-36-25-7-3-4-12-35-25/h5-6,8,11,13-16,21,25H,3-4,7,9-10,12,17H2,1-2H3. The Hall–Kier alpha value is -2.62. The van der Waals surface area contributed by atoms with Crippen molar-refractivity contribution in [3.05, 3.63) is 79.7 Å². The number of thiophene rings is 1. The lowest BCUT2D eigenvalue weighted by atomic mass is 9.92. The van der Waals surface area contributed by atoms with Crippen molar-refractivity contribution < 1.29 is 14.2 Å². The van der Waals surface area contributed by atoms with E-state index in [-0.39, 0.29) is 29.8 Å². The van der Waals surface area contributed by atoms with E-state index in [1.165, 1.54) is 0 Å². The number of fused-ring (bicyclic) bond motifs is 1. The number of pyridine rings is 1. The first-order valence-electron chi connectivity index (χ1n) is 13.0. The van der Waals surface area contributed by atoms with E-state index in [1.807, 2.05) is 42.8 Å². The maximum absolute atomic E-state index is 12.3. The lowest BCUT2D eigenvalue weighted by Crippen LogP contribution is -2.40. The SMILES string of the molecule is Cc1cc(-c2ccc3nc(Cl)nc(C(COC4CCCCO4)(OC4CC4)c4cccs4)c3c2)cn(C)c1=O. The molecule has 2 aliphatic rings. The number of nitrogens with zero attached hydrogens (tertiary/aromatic N) is 3. The Morgan fingerprint density at radius 2 is 2.03 bits per heavy atom. The predicted molar refractivity (Wildman–Crippen MR) is 149 cm³/mol. The van der Waals surface area contributed by atoms with Gasteiger partial charge in [0.25, 0.3) is 5.56 Å². The van der Waals surface area contributed by atoms with Gasteiger partial charge in [0.15, 0.2) is 11.9 Å². The van der Waals surface area contributed by atoms with E-state index in [2.05, 4.69) is 17.1 Å². The summed E-state index contributed by atoms with van der Waals surface area (Å²) in [4.78, 5) is 22.7. The molecule has 3 aromatic heterocycles. The number of benzene rings is 1. The predicted octanol–water partition coefficient (Wildman–Crippen LogP) is 5.98. The van der Waals surface area contributed by atoms with Gasteiger partial charge < -0.3 is 18.8 Å². The molecule has 2 unspecified atom stereocenters. The summed E-state index contributed by atoms with van der Waals surface area (Å²) in [5.74, 6) is 0. The molecule has 4 aromatic rings. The minimum Gasteiger partial charge on any atom is -0.357 e. The van der Waals surface area contributed by atoms with Crippen LogP contribution >= 0.6 is 22.9 Å². The van der Waals surface area contributed by atoms with Gasteiger partial charge in [-0.1, -0.05) is 12.1 Å². The maximum atomic E-state index is 12.3. The average Bonchev–Trinajstić information content (AvgIpc) is 3.56. The third kappa shape index (κ3) is 5.03. The van der Waals surface area contributed by atoms with Crippen LogP contribution in [0.4, 0.5) is 0 Å². The molecule has 7 nitrogen and oxygen atoms in total. The first kappa shape index (κ1) is 25.6. The fraction of sp³-hybridized carbons (Fsp3) is 0.414. The van der Waals surface area contributed by atoms with E-state index in [0.717, 1.165) is 59.0 Å². The molecule has 2 atom stereocenters. The molecule has 0 N–H and O–H groups in total. The minimum atomic E-state index is -0.973. The summed E-state index contributed by atoms with van der Waals surface area (Å²) >= 11 is 8.14. The van der Waals surface area contributed by atoms with Crippen LogP contribution < -0.4 is 5.56 Å². The highest BCUT2D eigenvalue weighted by Crippen LogP contribution is 2.45. The second-order valence-corrected chi connectivity index (χ2v) is 11.4. The van der Waals surface area contributed by atoms with Crippen LogP contribution in [-0.4, -0.2) is 40.1 Å². The summed E-state index contributed by atoms with van der Waals surface area (Å²) in [5.41, 5.74) is 2.99. The zero-order valence-electron chi connectivity index (χ0n) is 21.5. The Kier molecular flexibility index (Phi) is 7.09. The lowest BCUT2D eigenvalue weighted by Gasteiger charge is -2.35. The van der Waals surface area contributed by atoms with Crippen LogP contribution in [0.1, 0.15) is 48.2 Å². The molecule has 6 rings (SSSR count). The van der Waals surface area contributed by atoms with Crippen molar-refractivity contribution in [3.63, 3.8) is 0 Å². The number of ether oxygens (including phenoxy) is 3. The number of hydrogen-bond acceptors (Lipinski definition) is 7. The van der Waals surface area contributed by atoms with Crippen molar-refractivity contribution in [3.8, 4) is 11.1 Å². The third-order valence-corrected chi connectivity index (χ3v) is 8.35. The topological polar surface area (TPSA) is 75.5 Å². The van der Waals surface area contributed by atoms with Crippen molar-refractivity contribution in [1.29, 1.82) is 0 Å². The zero-order chi connectivity index (χ0) is 26.3. The molecule has 0 radical (unpaired) electrons. The molecular weight excluding hydrogens is 522 g/mol. The van der Waals surface area contributed by atoms with Crippen LogP contribution in [0, 0.1) is 6.92 Å². The van der Waals surface area contributed by atoms with Crippen LogP contribution in [0.15, 0.2) is 52.8 Å². The fourth-order valence-corrected chi connectivity index (χ4v) is 6.09. The van der Waals surface area contributed by atoms with Gasteiger partial charge in [-0.2, -0.15) is 0 Å². The zero-order valence-corrected chi connectivity index (χ0v) is 23.1. The van der Waals surface area contributed by atoms with Crippen molar-refractivity contribution in [2.75, 3.05) is 13.2 Å². The molecular formula is C29H30ClN3O4S. The maximum Gasteiger partial charge on any atom is 0.253 e. The Labute approximate surface area is 230 Å². The molecule has 4 heterocycles. The van der Waals surface area contributed by atoms with Gasteiger partial charge in [0, 0.05) is 35.7 Å². The number of rotatable bonds is 8. The number of aryl methyl sites for hydroxylation is 2. The molecule has 0 amide bonds. The Balaban J connectivity index is 1.53. The monoisotopic (exact) mass is 551 g/mol. The van der Waals surface area contributed by atoms with Crippen molar-refractivity contribution in [2.45, 2.75) is 57.0 Å². The molecule has 38 heavy (non-hydrogen) atoms. The molecule has 0 spiro atoms. The molecule has 1 saturated heterocycles. The lowest BCUT2D eigenvalue weighted by molar-refractivity contribution is -0.197. The number of halogens is 1. The molecule has 1 aliphatic heterocycles. The second kappa shape index (κ2) is 10.5. The van der Waals surface area contributed by atoms with Gasteiger partial charge in [-0.05, 0) is 91.4 Å². The summed E-state index contributed by atoms with van der Waals surface area (Å²) in [6, 6.07) is 12.0.